The molecule has 1 amide bonds. The third kappa shape index (κ3) is 4.53. The van der Waals surface area contributed by atoms with Gasteiger partial charge < -0.3 is 10.6 Å². The number of halogens is 1. The van der Waals surface area contributed by atoms with Crippen molar-refractivity contribution in [3.8, 4) is 0 Å². The van der Waals surface area contributed by atoms with E-state index in [4.69, 9.17) is 5.73 Å². The van der Waals surface area contributed by atoms with E-state index < -0.39 is 10.0 Å². The number of anilines is 1. The van der Waals surface area contributed by atoms with Crippen LogP contribution in [0.3, 0.4) is 0 Å². The summed E-state index contributed by atoms with van der Waals surface area (Å²) in [6, 6.07) is 5.22. The molecule has 3 N–H and O–H groups in total. The van der Waals surface area contributed by atoms with Gasteiger partial charge in [-0.2, -0.15) is 0 Å². The Morgan fingerprint density at radius 3 is 2.56 bits per heavy atom. The molecule has 1 aromatic carbocycles. The van der Waals surface area contributed by atoms with Crippen LogP contribution in [-0.2, 0) is 21.2 Å². The van der Waals surface area contributed by atoms with Crippen molar-refractivity contribution in [2.75, 3.05) is 11.4 Å². The number of hydrogen-bond donors (Lipinski definition) is 2. The number of nitrogens with zero attached hydrogens (tertiary/aromatic N) is 1. The van der Waals surface area contributed by atoms with E-state index in [1.165, 1.54) is 6.92 Å². The van der Waals surface area contributed by atoms with Gasteiger partial charge in [0.25, 0.3) is 0 Å². The highest BCUT2D eigenvalue weighted by Crippen LogP contribution is 2.30. The van der Waals surface area contributed by atoms with E-state index in [1.807, 2.05) is 6.07 Å². The number of nitrogens with two attached hydrogens (primary N) is 1. The molecule has 1 saturated carbocycles. The summed E-state index contributed by atoms with van der Waals surface area (Å²) in [6.07, 6.45) is 4.99. The smallest absolute Gasteiger partial charge is 0.240 e. The molecule has 0 saturated heterocycles. The molecule has 3 rings (SSSR count). The molecule has 2 aliphatic rings. The molecular weight excluding hydrogens is 362 g/mol. The number of fused-ring (bicyclic) bond motifs is 1. The van der Waals surface area contributed by atoms with Crippen LogP contribution < -0.4 is 15.4 Å². The van der Waals surface area contributed by atoms with Crippen LogP contribution in [0.25, 0.3) is 0 Å². The zero-order chi connectivity index (χ0) is 17.3. The fraction of sp³-hybridized carbons (Fsp3) is 0.588. The first kappa shape index (κ1) is 20.2. The molecule has 0 aromatic heterocycles. The van der Waals surface area contributed by atoms with E-state index in [9.17, 15) is 13.2 Å². The molecule has 1 aliphatic carbocycles. The van der Waals surface area contributed by atoms with Crippen LogP contribution in [-0.4, -0.2) is 33.0 Å². The number of sulfonamides is 1. The summed E-state index contributed by atoms with van der Waals surface area (Å²) in [5.74, 6) is -0.0558. The second-order valence-electron chi connectivity index (χ2n) is 6.80. The van der Waals surface area contributed by atoms with E-state index >= 15 is 0 Å². The van der Waals surface area contributed by atoms with E-state index in [0.717, 1.165) is 49.8 Å². The third-order valence-electron chi connectivity index (χ3n) is 4.96. The maximum absolute atomic E-state index is 12.7. The molecule has 8 heteroatoms. The molecule has 140 valence electrons. The fourth-order valence-corrected chi connectivity index (χ4v) is 4.90. The minimum atomic E-state index is -3.59. The van der Waals surface area contributed by atoms with Crippen molar-refractivity contribution in [3.63, 3.8) is 0 Å². The first-order valence-electron chi connectivity index (χ1n) is 8.56. The van der Waals surface area contributed by atoms with Gasteiger partial charge in [-0.1, -0.05) is 6.07 Å². The first-order valence-corrected chi connectivity index (χ1v) is 10.0. The highest BCUT2D eigenvalue weighted by Gasteiger charge is 2.27. The van der Waals surface area contributed by atoms with Gasteiger partial charge in [-0.05, 0) is 56.2 Å². The number of hydrogen-bond acceptors (Lipinski definition) is 4. The van der Waals surface area contributed by atoms with E-state index in [-0.39, 0.29) is 35.3 Å². The standard InChI is InChI=1S/C17H25N3O3S.ClH/c1-12(21)20-10-2-3-13-4-9-16(11-17(13)20)24(22,23)19-15-7-5-14(18)6-8-15;/h4,9,11,14-15,19H,2-3,5-8,10,18H2,1H3;1H. The lowest BCUT2D eigenvalue weighted by molar-refractivity contribution is -0.116. The molecule has 6 nitrogen and oxygen atoms in total. The quantitative estimate of drug-likeness (QED) is 0.829. The zero-order valence-electron chi connectivity index (χ0n) is 14.4. The van der Waals surface area contributed by atoms with Gasteiger partial charge in [-0.25, -0.2) is 13.1 Å². The van der Waals surface area contributed by atoms with Crippen LogP contribution in [0, 0.1) is 0 Å². The predicted molar refractivity (Wildman–Crippen MR) is 101 cm³/mol. The molecule has 1 aromatic rings. The van der Waals surface area contributed by atoms with Crippen molar-refractivity contribution in [1.29, 1.82) is 0 Å². The molecule has 1 fully saturated rings. The Morgan fingerprint density at radius 2 is 1.92 bits per heavy atom. The average Bonchev–Trinajstić information content (AvgIpc) is 2.55. The summed E-state index contributed by atoms with van der Waals surface area (Å²) in [4.78, 5) is 13.7. The van der Waals surface area contributed by atoms with Gasteiger partial charge in [0, 0.05) is 31.2 Å². The molecule has 1 heterocycles. The second-order valence-corrected chi connectivity index (χ2v) is 8.51. The van der Waals surface area contributed by atoms with Crippen LogP contribution >= 0.6 is 12.4 Å². The molecular formula is C17H26ClN3O3S. The Kier molecular flexibility index (Phi) is 6.48. The largest absolute Gasteiger partial charge is 0.328 e. The normalized spacial score (nSPS) is 23.5. The van der Waals surface area contributed by atoms with E-state index in [2.05, 4.69) is 4.72 Å². The summed E-state index contributed by atoms with van der Waals surface area (Å²) >= 11 is 0. The Labute approximate surface area is 155 Å². The second kappa shape index (κ2) is 8.03. The van der Waals surface area contributed by atoms with Gasteiger partial charge in [-0.3, -0.25) is 4.79 Å². The van der Waals surface area contributed by atoms with Crippen molar-refractivity contribution in [1.82, 2.24) is 4.72 Å². The maximum Gasteiger partial charge on any atom is 0.240 e. The van der Waals surface area contributed by atoms with Crippen molar-refractivity contribution in [2.45, 2.75) is 62.4 Å². The summed E-state index contributed by atoms with van der Waals surface area (Å²) in [6.45, 7) is 2.15. The molecule has 0 radical (unpaired) electrons. The third-order valence-corrected chi connectivity index (χ3v) is 6.48. The average molecular weight is 388 g/mol. The highest BCUT2D eigenvalue weighted by atomic mass is 35.5. The lowest BCUT2D eigenvalue weighted by atomic mass is 9.93. The Bertz CT molecular complexity index is 731. The van der Waals surface area contributed by atoms with Crippen LogP contribution in [0.15, 0.2) is 23.1 Å². The molecule has 0 spiro atoms. The number of amides is 1. The topological polar surface area (TPSA) is 92.5 Å². The van der Waals surface area contributed by atoms with E-state index in [0.29, 0.717) is 6.54 Å². The van der Waals surface area contributed by atoms with Crippen molar-refractivity contribution >= 4 is 34.0 Å². The number of nitrogens with one attached hydrogen (secondary N) is 1. The summed E-state index contributed by atoms with van der Waals surface area (Å²) in [7, 11) is -3.59. The SMILES string of the molecule is CC(=O)N1CCCc2ccc(S(=O)(=O)NC3CCC(N)CC3)cc21.Cl. The number of rotatable bonds is 3. The minimum Gasteiger partial charge on any atom is -0.328 e. The van der Waals surface area contributed by atoms with Crippen LogP contribution in [0.1, 0.15) is 44.6 Å². The van der Waals surface area contributed by atoms with Gasteiger partial charge in [-0.15, -0.1) is 12.4 Å². The number of carbonyl (C=O) groups is 1. The van der Waals surface area contributed by atoms with Gasteiger partial charge >= 0.3 is 0 Å². The Hall–Kier alpha value is -1.15. The highest BCUT2D eigenvalue weighted by molar-refractivity contribution is 7.89. The van der Waals surface area contributed by atoms with Crippen molar-refractivity contribution in [2.24, 2.45) is 5.73 Å². The maximum atomic E-state index is 12.7. The lowest BCUT2D eigenvalue weighted by Gasteiger charge is -2.29. The molecule has 0 atom stereocenters. The van der Waals surface area contributed by atoms with Gasteiger partial charge in [0.1, 0.15) is 0 Å². The van der Waals surface area contributed by atoms with Gasteiger partial charge in [0.05, 0.1) is 4.90 Å². The molecule has 0 bridgehead atoms. The number of benzene rings is 1. The van der Waals surface area contributed by atoms with Crippen LogP contribution in [0.2, 0.25) is 0 Å². The summed E-state index contributed by atoms with van der Waals surface area (Å²) in [5, 5.41) is 0. The zero-order valence-corrected chi connectivity index (χ0v) is 16.0. The first-order chi connectivity index (χ1) is 11.4. The van der Waals surface area contributed by atoms with Crippen LogP contribution in [0.4, 0.5) is 5.69 Å². The molecule has 25 heavy (non-hydrogen) atoms. The Balaban J connectivity index is 0.00000225. The number of aryl methyl sites for hydroxylation is 1. The monoisotopic (exact) mass is 387 g/mol. The lowest BCUT2D eigenvalue weighted by Crippen LogP contribution is -2.40. The van der Waals surface area contributed by atoms with E-state index in [1.54, 1.807) is 17.0 Å². The molecule has 1 aliphatic heterocycles. The van der Waals surface area contributed by atoms with Gasteiger partial charge in [0.15, 0.2) is 0 Å². The van der Waals surface area contributed by atoms with Crippen molar-refractivity contribution in [3.05, 3.63) is 23.8 Å². The van der Waals surface area contributed by atoms with Crippen LogP contribution in [0.5, 0.6) is 0 Å². The fourth-order valence-electron chi connectivity index (χ4n) is 3.57. The summed E-state index contributed by atoms with van der Waals surface area (Å²) in [5.41, 5.74) is 7.63. The summed E-state index contributed by atoms with van der Waals surface area (Å²) < 4.78 is 28.2. The predicted octanol–water partition coefficient (Wildman–Crippen LogP) is 1.96. The number of carbonyl (C=O) groups excluding carboxylic acids is 1. The van der Waals surface area contributed by atoms with Gasteiger partial charge in [0.2, 0.25) is 15.9 Å². The minimum absolute atomic E-state index is 0. The van der Waals surface area contributed by atoms with Crippen molar-refractivity contribution < 1.29 is 13.2 Å². The molecule has 0 unspecified atom stereocenters. The Morgan fingerprint density at radius 1 is 1.24 bits per heavy atom.